The van der Waals surface area contributed by atoms with Crippen molar-refractivity contribution in [2.75, 3.05) is 13.2 Å². The first kappa shape index (κ1) is 66.8. The van der Waals surface area contributed by atoms with E-state index in [9.17, 15) is 14.4 Å². The quantitative estimate of drug-likeness (QED) is 0.0261. The highest BCUT2D eigenvalue weighted by Crippen LogP contribution is 2.13. The second-order valence-corrected chi connectivity index (χ2v) is 18.8. The summed E-state index contributed by atoms with van der Waals surface area (Å²) in [6.45, 7) is 6.42. The molecule has 0 saturated carbocycles. The number of allylic oxidation sites excluding steroid dienone is 20. The third-order valence-corrected chi connectivity index (χ3v) is 11.9. The molecule has 0 bridgehead atoms. The Kier molecular flexibility index (Phi) is 54.9. The van der Waals surface area contributed by atoms with Gasteiger partial charge in [0.15, 0.2) is 6.10 Å². The summed E-state index contributed by atoms with van der Waals surface area (Å²) in [6.07, 6.45) is 80.5. The number of unbranched alkanes of at least 4 members (excludes halogenated alkanes) is 20. The molecule has 0 aromatic carbocycles. The summed E-state index contributed by atoms with van der Waals surface area (Å²) in [4.78, 5) is 38.1. The van der Waals surface area contributed by atoms with E-state index in [1.54, 1.807) is 0 Å². The van der Waals surface area contributed by atoms with Gasteiger partial charge in [-0.1, -0.05) is 226 Å². The Hall–Kier alpha value is -4.19. The van der Waals surface area contributed by atoms with Crippen LogP contribution in [0.5, 0.6) is 0 Å². The lowest BCUT2D eigenvalue weighted by molar-refractivity contribution is -0.167. The summed E-state index contributed by atoms with van der Waals surface area (Å²) in [5.41, 5.74) is 0. The van der Waals surface area contributed by atoms with Gasteiger partial charge in [0.05, 0.1) is 0 Å². The van der Waals surface area contributed by atoms with Crippen LogP contribution in [0.2, 0.25) is 0 Å². The van der Waals surface area contributed by atoms with E-state index in [4.69, 9.17) is 14.2 Å². The largest absolute Gasteiger partial charge is 0.462 e. The normalized spacial score (nSPS) is 13.0. The standard InChI is InChI=1S/C65H106O6/c1-4-7-10-13-16-19-22-24-26-27-28-29-30-31-32-33-34-35-36-37-39-40-43-46-49-52-55-58-64(67)70-61-62(60-69-63(66)57-54-51-48-45-42-21-18-15-12-9-6-3)71-65(68)59-56-53-50-47-44-41-38-25-23-20-17-14-11-8-5-2/h7,10,15-16,18-19,24-26,28-29,31-32,34-35,37-39,43,46,62H,4-6,8-9,11-14,17,20-23,27,30,33,36,40-42,44-45,47-61H2,1-3H3/b10-7-,18-15-,19-16-,26-24-,29-28-,32-31-,35-34-,38-25-,39-37-,46-43-. The van der Waals surface area contributed by atoms with Crippen LogP contribution in [0.15, 0.2) is 122 Å². The molecule has 1 atom stereocenters. The van der Waals surface area contributed by atoms with Crippen molar-refractivity contribution in [3.05, 3.63) is 122 Å². The zero-order valence-corrected chi connectivity index (χ0v) is 45.9. The molecule has 0 radical (unpaired) electrons. The summed E-state index contributed by atoms with van der Waals surface area (Å²) < 4.78 is 16.8. The summed E-state index contributed by atoms with van der Waals surface area (Å²) >= 11 is 0. The lowest BCUT2D eigenvalue weighted by Crippen LogP contribution is -2.30. The van der Waals surface area contributed by atoms with E-state index in [0.29, 0.717) is 25.7 Å². The fraction of sp³-hybridized carbons (Fsp3) is 0.646. The summed E-state index contributed by atoms with van der Waals surface area (Å²) in [7, 11) is 0. The van der Waals surface area contributed by atoms with Crippen molar-refractivity contribution in [3.63, 3.8) is 0 Å². The van der Waals surface area contributed by atoms with Crippen molar-refractivity contribution in [1.29, 1.82) is 0 Å². The highest BCUT2D eigenvalue weighted by atomic mass is 16.6. The van der Waals surface area contributed by atoms with Gasteiger partial charge in [-0.15, -0.1) is 0 Å². The molecule has 0 N–H and O–H groups in total. The molecule has 71 heavy (non-hydrogen) atoms. The molecular weight excluding hydrogens is 877 g/mol. The van der Waals surface area contributed by atoms with E-state index < -0.39 is 6.10 Å². The van der Waals surface area contributed by atoms with Gasteiger partial charge in [-0.25, -0.2) is 0 Å². The zero-order valence-electron chi connectivity index (χ0n) is 45.9. The predicted octanol–water partition coefficient (Wildman–Crippen LogP) is 19.6. The zero-order chi connectivity index (χ0) is 51.4. The highest BCUT2D eigenvalue weighted by Gasteiger charge is 2.19. The van der Waals surface area contributed by atoms with Crippen molar-refractivity contribution < 1.29 is 28.6 Å². The van der Waals surface area contributed by atoms with Gasteiger partial charge in [-0.05, 0) is 128 Å². The number of esters is 3. The Morgan fingerprint density at radius 1 is 0.296 bits per heavy atom. The maximum absolute atomic E-state index is 12.8. The molecule has 0 aliphatic rings. The van der Waals surface area contributed by atoms with Crippen molar-refractivity contribution in [2.45, 2.75) is 258 Å². The molecule has 0 fully saturated rings. The van der Waals surface area contributed by atoms with Gasteiger partial charge in [0, 0.05) is 19.3 Å². The first-order valence-electron chi connectivity index (χ1n) is 29.0. The topological polar surface area (TPSA) is 78.9 Å². The van der Waals surface area contributed by atoms with Crippen LogP contribution in [-0.2, 0) is 28.6 Å². The monoisotopic (exact) mass is 983 g/mol. The lowest BCUT2D eigenvalue weighted by Gasteiger charge is -2.18. The van der Waals surface area contributed by atoms with Gasteiger partial charge in [0.25, 0.3) is 0 Å². The van der Waals surface area contributed by atoms with Gasteiger partial charge in [0.1, 0.15) is 13.2 Å². The van der Waals surface area contributed by atoms with Crippen LogP contribution >= 0.6 is 0 Å². The van der Waals surface area contributed by atoms with Gasteiger partial charge in [-0.3, -0.25) is 14.4 Å². The van der Waals surface area contributed by atoms with Crippen molar-refractivity contribution in [3.8, 4) is 0 Å². The first-order chi connectivity index (χ1) is 35.0. The minimum absolute atomic E-state index is 0.102. The van der Waals surface area contributed by atoms with Crippen LogP contribution in [0.4, 0.5) is 0 Å². The second-order valence-electron chi connectivity index (χ2n) is 18.8. The van der Waals surface area contributed by atoms with Crippen LogP contribution in [-0.4, -0.2) is 37.2 Å². The Morgan fingerprint density at radius 2 is 0.563 bits per heavy atom. The molecule has 0 aliphatic heterocycles. The van der Waals surface area contributed by atoms with Gasteiger partial charge in [0.2, 0.25) is 0 Å². The van der Waals surface area contributed by atoms with Crippen LogP contribution < -0.4 is 0 Å². The average molecular weight is 984 g/mol. The molecule has 0 rings (SSSR count). The number of hydrogen-bond acceptors (Lipinski definition) is 6. The molecule has 0 heterocycles. The van der Waals surface area contributed by atoms with Crippen molar-refractivity contribution in [2.24, 2.45) is 0 Å². The Bertz CT molecular complexity index is 1500. The van der Waals surface area contributed by atoms with Crippen molar-refractivity contribution >= 4 is 17.9 Å². The third kappa shape index (κ3) is 56.6. The SMILES string of the molecule is CC/C=C\C/C=C\C/C=C\C/C=C\C/C=C\C/C=C\C/C=C\C/C=C\CCCCC(=O)OCC(COC(=O)CCCCCCC/C=C\CCCC)OC(=O)CCCCCCC/C=C\CCCCCCCC. The minimum atomic E-state index is -0.806. The molecular formula is C65H106O6. The Balaban J connectivity index is 4.41. The maximum Gasteiger partial charge on any atom is 0.306 e. The number of carbonyl (C=O) groups is 3. The van der Waals surface area contributed by atoms with E-state index in [1.165, 1.54) is 77.0 Å². The molecule has 0 aromatic rings. The third-order valence-electron chi connectivity index (χ3n) is 11.9. The molecule has 6 heteroatoms. The lowest BCUT2D eigenvalue weighted by atomic mass is 10.1. The van der Waals surface area contributed by atoms with Gasteiger partial charge in [-0.2, -0.15) is 0 Å². The Labute approximate surface area is 437 Å². The molecule has 0 spiro atoms. The van der Waals surface area contributed by atoms with E-state index >= 15 is 0 Å². The Morgan fingerprint density at radius 3 is 0.944 bits per heavy atom. The summed E-state index contributed by atoms with van der Waals surface area (Å²) in [5.74, 6) is -0.968. The van der Waals surface area contributed by atoms with E-state index in [2.05, 4.69) is 142 Å². The minimum Gasteiger partial charge on any atom is -0.462 e. The number of rotatable bonds is 51. The fourth-order valence-corrected chi connectivity index (χ4v) is 7.55. The smallest absolute Gasteiger partial charge is 0.306 e. The average Bonchev–Trinajstić information content (AvgIpc) is 3.37. The molecule has 1 unspecified atom stereocenters. The van der Waals surface area contributed by atoms with E-state index in [-0.39, 0.29) is 31.1 Å². The van der Waals surface area contributed by atoms with Crippen LogP contribution in [0.3, 0.4) is 0 Å². The molecule has 0 aromatic heterocycles. The van der Waals surface area contributed by atoms with Crippen LogP contribution in [0.25, 0.3) is 0 Å². The highest BCUT2D eigenvalue weighted by molar-refractivity contribution is 5.71. The van der Waals surface area contributed by atoms with Crippen LogP contribution in [0, 0.1) is 0 Å². The number of ether oxygens (including phenoxy) is 3. The molecule has 0 amide bonds. The number of hydrogen-bond donors (Lipinski definition) is 0. The van der Waals surface area contributed by atoms with Crippen LogP contribution in [0.1, 0.15) is 252 Å². The second kappa shape index (κ2) is 58.4. The molecule has 0 saturated heterocycles. The predicted molar refractivity (Wildman–Crippen MR) is 306 cm³/mol. The molecule has 6 nitrogen and oxygen atoms in total. The molecule has 0 aliphatic carbocycles. The summed E-state index contributed by atoms with van der Waals surface area (Å²) in [5, 5.41) is 0. The van der Waals surface area contributed by atoms with Crippen molar-refractivity contribution in [1.82, 2.24) is 0 Å². The number of carbonyl (C=O) groups excluding carboxylic acids is 3. The van der Waals surface area contributed by atoms with Gasteiger partial charge < -0.3 is 14.2 Å². The fourth-order valence-electron chi connectivity index (χ4n) is 7.55. The van der Waals surface area contributed by atoms with E-state index in [0.717, 1.165) is 128 Å². The van der Waals surface area contributed by atoms with Gasteiger partial charge >= 0.3 is 17.9 Å². The maximum atomic E-state index is 12.8. The van der Waals surface area contributed by atoms with E-state index in [1.807, 2.05) is 0 Å². The summed E-state index contributed by atoms with van der Waals surface area (Å²) in [6, 6.07) is 0. The molecule has 402 valence electrons. The first-order valence-corrected chi connectivity index (χ1v) is 29.0.